The Morgan fingerprint density at radius 3 is 2.61 bits per heavy atom. The summed E-state index contributed by atoms with van der Waals surface area (Å²) in [5.74, 6) is 7.48. The molecule has 2 N–H and O–H groups in total. The molecule has 0 radical (unpaired) electrons. The summed E-state index contributed by atoms with van der Waals surface area (Å²) in [6, 6.07) is 11.6. The van der Waals surface area contributed by atoms with Crippen LogP contribution in [0.15, 0.2) is 53.9 Å². The van der Waals surface area contributed by atoms with Crippen molar-refractivity contribution in [2.24, 2.45) is 0 Å². The van der Waals surface area contributed by atoms with Gasteiger partial charge in [0, 0.05) is 17.6 Å². The summed E-state index contributed by atoms with van der Waals surface area (Å²) in [4.78, 5) is 4.03. The quantitative estimate of drug-likeness (QED) is 0.573. The van der Waals surface area contributed by atoms with Gasteiger partial charge in [0.05, 0.1) is 12.7 Å². The van der Waals surface area contributed by atoms with Gasteiger partial charge < -0.3 is 10.6 Å². The lowest BCUT2D eigenvalue weighted by Gasteiger charge is -2.11. The van der Waals surface area contributed by atoms with Gasteiger partial charge in [0.15, 0.2) is 5.82 Å². The van der Waals surface area contributed by atoms with E-state index >= 15 is 0 Å². The molecular formula is C16H17N5OS. The maximum Gasteiger partial charge on any atom is 0.210 e. The van der Waals surface area contributed by atoms with Crippen molar-refractivity contribution in [1.29, 1.82) is 0 Å². The fraction of sp³-hybridized carbons (Fsp3) is 0.188. The fourth-order valence-electron chi connectivity index (χ4n) is 2.23. The SMILES string of the molecule is COc1ccccc1-c1nnc(SC(C)c2ccncc2)n1N. The van der Waals surface area contributed by atoms with E-state index in [1.807, 2.05) is 36.4 Å². The predicted molar refractivity (Wildman–Crippen MR) is 90.7 cm³/mol. The second kappa shape index (κ2) is 6.70. The summed E-state index contributed by atoms with van der Waals surface area (Å²) < 4.78 is 6.86. The van der Waals surface area contributed by atoms with Crippen molar-refractivity contribution in [1.82, 2.24) is 19.9 Å². The van der Waals surface area contributed by atoms with Gasteiger partial charge in [0.2, 0.25) is 5.16 Å². The lowest BCUT2D eigenvalue weighted by Crippen LogP contribution is -2.12. The van der Waals surface area contributed by atoms with Gasteiger partial charge in [-0.05, 0) is 36.8 Å². The van der Waals surface area contributed by atoms with Gasteiger partial charge in [-0.15, -0.1) is 10.2 Å². The molecule has 1 aromatic carbocycles. The van der Waals surface area contributed by atoms with E-state index in [1.165, 1.54) is 4.68 Å². The third-order valence-corrected chi connectivity index (χ3v) is 4.59. The molecule has 118 valence electrons. The first-order chi connectivity index (χ1) is 11.2. The van der Waals surface area contributed by atoms with Crippen LogP contribution in [-0.2, 0) is 0 Å². The molecule has 1 unspecified atom stereocenters. The smallest absolute Gasteiger partial charge is 0.210 e. The first kappa shape index (κ1) is 15.4. The van der Waals surface area contributed by atoms with Crippen LogP contribution < -0.4 is 10.6 Å². The van der Waals surface area contributed by atoms with E-state index < -0.39 is 0 Å². The van der Waals surface area contributed by atoms with Gasteiger partial charge >= 0.3 is 0 Å². The molecule has 7 heteroatoms. The number of hydrogen-bond acceptors (Lipinski definition) is 6. The maximum absolute atomic E-state index is 6.19. The molecule has 0 aliphatic heterocycles. The Balaban J connectivity index is 1.88. The number of nitrogens with zero attached hydrogens (tertiary/aromatic N) is 4. The highest BCUT2D eigenvalue weighted by Gasteiger charge is 2.18. The second-order valence-corrected chi connectivity index (χ2v) is 6.23. The lowest BCUT2D eigenvalue weighted by atomic mass is 10.2. The predicted octanol–water partition coefficient (Wildman–Crippen LogP) is 2.92. The van der Waals surface area contributed by atoms with Crippen molar-refractivity contribution >= 4 is 11.8 Å². The number of nitrogen functional groups attached to an aromatic ring is 1. The van der Waals surface area contributed by atoms with E-state index in [4.69, 9.17) is 10.6 Å². The lowest BCUT2D eigenvalue weighted by molar-refractivity contribution is 0.416. The van der Waals surface area contributed by atoms with Crippen LogP contribution in [0.5, 0.6) is 5.75 Å². The van der Waals surface area contributed by atoms with Crippen molar-refractivity contribution in [3.63, 3.8) is 0 Å². The highest BCUT2D eigenvalue weighted by molar-refractivity contribution is 7.99. The Morgan fingerprint density at radius 2 is 1.87 bits per heavy atom. The van der Waals surface area contributed by atoms with Gasteiger partial charge in [-0.3, -0.25) is 4.98 Å². The molecule has 0 aliphatic carbocycles. The summed E-state index contributed by atoms with van der Waals surface area (Å²) in [6.07, 6.45) is 3.56. The Hall–Kier alpha value is -2.54. The minimum atomic E-state index is 0.190. The number of benzene rings is 1. The van der Waals surface area contributed by atoms with Crippen LogP contribution in [0, 0.1) is 0 Å². The van der Waals surface area contributed by atoms with Crippen molar-refractivity contribution in [2.45, 2.75) is 17.3 Å². The van der Waals surface area contributed by atoms with E-state index in [2.05, 4.69) is 22.1 Å². The van der Waals surface area contributed by atoms with Crippen LogP contribution in [-0.4, -0.2) is 27.0 Å². The van der Waals surface area contributed by atoms with E-state index in [-0.39, 0.29) is 5.25 Å². The normalized spacial score (nSPS) is 12.1. The summed E-state index contributed by atoms with van der Waals surface area (Å²) in [5.41, 5.74) is 1.97. The number of thioether (sulfide) groups is 1. The maximum atomic E-state index is 6.19. The summed E-state index contributed by atoms with van der Waals surface area (Å²) in [7, 11) is 1.62. The molecule has 3 rings (SSSR count). The van der Waals surface area contributed by atoms with Crippen LogP contribution in [0.4, 0.5) is 0 Å². The first-order valence-electron chi connectivity index (χ1n) is 7.11. The molecule has 0 fully saturated rings. The number of hydrogen-bond donors (Lipinski definition) is 1. The number of pyridine rings is 1. The highest BCUT2D eigenvalue weighted by Crippen LogP contribution is 2.35. The Morgan fingerprint density at radius 1 is 1.13 bits per heavy atom. The standard InChI is InChI=1S/C16H17N5OS/c1-11(12-7-9-18-10-8-12)23-16-20-19-15(21(16)17)13-5-3-4-6-14(13)22-2/h3-11H,17H2,1-2H3. The molecule has 23 heavy (non-hydrogen) atoms. The van der Waals surface area contributed by atoms with E-state index in [0.29, 0.717) is 16.7 Å². The molecular weight excluding hydrogens is 310 g/mol. The van der Waals surface area contributed by atoms with Gasteiger partial charge in [-0.2, -0.15) is 0 Å². The molecule has 0 saturated heterocycles. The van der Waals surface area contributed by atoms with Crippen LogP contribution in [0.2, 0.25) is 0 Å². The monoisotopic (exact) mass is 327 g/mol. The van der Waals surface area contributed by atoms with Crippen molar-refractivity contribution in [3.05, 3.63) is 54.4 Å². The number of rotatable bonds is 5. The molecule has 0 bridgehead atoms. The summed E-state index contributed by atoms with van der Waals surface area (Å²) in [6.45, 7) is 2.09. The van der Waals surface area contributed by atoms with Gasteiger partial charge in [-0.1, -0.05) is 23.9 Å². The number of methoxy groups -OCH3 is 1. The van der Waals surface area contributed by atoms with Gasteiger partial charge in [0.25, 0.3) is 0 Å². The summed E-state index contributed by atoms with van der Waals surface area (Å²) in [5, 5.41) is 9.27. The summed E-state index contributed by atoms with van der Waals surface area (Å²) >= 11 is 1.55. The largest absolute Gasteiger partial charge is 0.496 e. The van der Waals surface area contributed by atoms with Gasteiger partial charge in [-0.25, -0.2) is 4.68 Å². The fourth-order valence-corrected chi connectivity index (χ4v) is 3.13. The van der Waals surface area contributed by atoms with Crippen molar-refractivity contribution in [3.8, 4) is 17.1 Å². The second-order valence-electron chi connectivity index (χ2n) is 4.92. The average Bonchev–Trinajstić information content (AvgIpc) is 2.96. The number of aromatic nitrogens is 4. The number of ether oxygens (including phenoxy) is 1. The van der Waals surface area contributed by atoms with Crippen molar-refractivity contribution < 1.29 is 4.74 Å². The number of para-hydroxylation sites is 1. The zero-order chi connectivity index (χ0) is 16.2. The third-order valence-electron chi connectivity index (χ3n) is 3.47. The van der Waals surface area contributed by atoms with Crippen LogP contribution in [0.3, 0.4) is 0 Å². The zero-order valence-electron chi connectivity index (χ0n) is 12.9. The minimum Gasteiger partial charge on any atom is -0.496 e. The zero-order valence-corrected chi connectivity index (χ0v) is 13.7. The first-order valence-corrected chi connectivity index (χ1v) is 7.99. The molecule has 0 saturated carbocycles. The van der Waals surface area contributed by atoms with E-state index in [0.717, 1.165) is 11.1 Å². The highest BCUT2D eigenvalue weighted by atomic mass is 32.2. The molecule has 3 aromatic rings. The minimum absolute atomic E-state index is 0.190. The van der Waals surface area contributed by atoms with Gasteiger partial charge in [0.1, 0.15) is 5.75 Å². The molecule has 0 amide bonds. The molecule has 2 aromatic heterocycles. The molecule has 0 aliphatic rings. The molecule has 6 nitrogen and oxygen atoms in total. The molecule has 0 spiro atoms. The van der Waals surface area contributed by atoms with Crippen LogP contribution in [0.25, 0.3) is 11.4 Å². The van der Waals surface area contributed by atoms with Crippen LogP contribution in [0.1, 0.15) is 17.7 Å². The Labute approximate surface area is 138 Å². The molecule has 2 heterocycles. The average molecular weight is 327 g/mol. The van der Waals surface area contributed by atoms with Crippen LogP contribution >= 0.6 is 11.8 Å². The molecule has 1 atom stereocenters. The third kappa shape index (κ3) is 3.14. The topological polar surface area (TPSA) is 78.9 Å². The van der Waals surface area contributed by atoms with E-state index in [9.17, 15) is 0 Å². The van der Waals surface area contributed by atoms with E-state index in [1.54, 1.807) is 31.3 Å². The van der Waals surface area contributed by atoms with Crippen molar-refractivity contribution in [2.75, 3.05) is 13.0 Å². The Kier molecular flexibility index (Phi) is 4.47. The number of nitrogens with two attached hydrogens (primary N) is 1. The Bertz CT molecular complexity index is 790.